The van der Waals surface area contributed by atoms with Crippen LogP contribution in [0.3, 0.4) is 0 Å². The molecule has 1 heterocycles. The van der Waals surface area contributed by atoms with Gasteiger partial charge in [0.15, 0.2) is 0 Å². The van der Waals surface area contributed by atoms with Gasteiger partial charge in [-0.1, -0.05) is 54.6 Å². The molecule has 0 bridgehead atoms. The molecule has 3 rings (SSSR count). The predicted octanol–water partition coefficient (Wildman–Crippen LogP) is 4.01. The van der Waals surface area contributed by atoms with Gasteiger partial charge in [0.1, 0.15) is 0 Å². The average molecular weight is 219 g/mol. The highest BCUT2D eigenvalue weighted by atomic mass is 14.8. The Morgan fingerprint density at radius 1 is 0.824 bits per heavy atom. The molecule has 0 atom stereocenters. The number of aliphatic imine (C=N–C) groups is 1. The highest BCUT2D eigenvalue weighted by molar-refractivity contribution is 6.12. The molecule has 0 aromatic heterocycles. The maximum absolute atomic E-state index is 4.63. The summed E-state index contributed by atoms with van der Waals surface area (Å²) in [6.07, 6.45) is 2.13. The first-order chi connectivity index (χ1) is 8.34. The standard InChI is InChI=1S/C16H13N/c1-12-14-9-5-6-10-15(14)16(17-12)11-13-7-3-2-4-8-13/h2-11H,1H3/b16-11+. The third-order valence-electron chi connectivity index (χ3n) is 2.98. The smallest absolute Gasteiger partial charge is 0.0718 e. The Labute approximate surface area is 101 Å². The molecule has 0 amide bonds. The lowest BCUT2D eigenvalue weighted by atomic mass is 10.0. The lowest BCUT2D eigenvalue weighted by Crippen LogP contribution is -1.89. The summed E-state index contributed by atoms with van der Waals surface area (Å²) < 4.78 is 0. The molecule has 2 aromatic carbocycles. The van der Waals surface area contributed by atoms with Gasteiger partial charge in [0.2, 0.25) is 0 Å². The summed E-state index contributed by atoms with van der Waals surface area (Å²) >= 11 is 0. The van der Waals surface area contributed by atoms with E-state index in [1.165, 1.54) is 16.7 Å². The molecule has 0 fully saturated rings. The minimum Gasteiger partial charge on any atom is -0.252 e. The lowest BCUT2D eigenvalue weighted by molar-refractivity contribution is 1.57. The van der Waals surface area contributed by atoms with Gasteiger partial charge < -0.3 is 0 Å². The minimum absolute atomic E-state index is 1.06. The maximum Gasteiger partial charge on any atom is 0.0718 e. The van der Waals surface area contributed by atoms with Crippen LogP contribution in [0.1, 0.15) is 23.6 Å². The first-order valence-electron chi connectivity index (χ1n) is 5.76. The van der Waals surface area contributed by atoms with Crippen LogP contribution < -0.4 is 0 Å². The van der Waals surface area contributed by atoms with Gasteiger partial charge in [-0.15, -0.1) is 0 Å². The highest BCUT2D eigenvalue weighted by Gasteiger charge is 2.15. The molecule has 0 saturated carbocycles. The number of hydrogen-bond acceptors (Lipinski definition) is 1. The van der Waals surface area contributed by atoms with Crippen molar-refractivity contribution in [2.45, 2.75) is 6.92 Å². The zero-order valence-electron chi connectivity index (χ0n) is 9.72. The quantitative estimate of drug-likeness (QED) is 0.687. The molecule has 0 saturated heterocycles. The topological polar surface area (TPSA) is 12.4 Å². The van der Waals surface area contributed by atoms with Gasteiger partial charge in [0, 0.05) is 16.8 Å². The summed E-state index contributed by atoms with van der Waals surface area (Å²) in [4.78, 5) is 4.63. The first-order valence-corrected chi connectivity index (χ1v) is 5.76. The zero-order chi connectivity index (χ0) is 11.7. The fourth-order valence-electron chi connectivity index (χ4n) is 2.14. The molecule has 17 heavy (non-hydrogen) atoms. The van der Waals surface area contributed by atoms with Crippen LogP contribution in [-0.2, 0) is 0 Å². The molecule has 1 heteroatoms. The molecular formula is C16H13N. The van der Waals surface area contributed by atoms with Gasteiger partial charge in [-0.05, 0) is 18.6 Å². The van der Waals surface area contributed by atoms with Gasteiger partial charge >= 0.3 is 0 Å². The van der Waals surface area contributed by atoms with Crippen LogP contribution in [0.15, 0.2) is 59.6 Å². The summed E-state index contributed by atoms with van der Waals surface area (Å²) in [5.41, 5.74) is 5.83. The van der Waals surface area contributed by atoms with E-state index in [2.05, 4.69) is 54.4 Å². The zero-order valence-corrected chi connectivity index (χ0v) is 9.72. The summed E-state index contributed by atoms with van der Waals surface area (Å²) in [6.45, 7) is 2.06. The van der Waals surface area contributed by atoms with Gasteiger partial charge in [-0.25, -0.2) is 0 Å². The summed E-state index contributed by atoms with van der Waals surface area (Å²) in [5, 5.41) is 0. The Hall–Kier alpha value is -2.15. The Morgan fingerprint density at radius 2 is 1.47 bits per heavy atom. The van der Waals surface area contributed by atoms with Crippen LogP contribution in [0.5, 0.6) is 0 Å². The van der Waals surface area contributed by atoms with Crippen LogP contribution in [0.2, 0.25) is 0 Å². The number of fused-ring (bicyclic) bond motifs is 1. The van der Waals surface area contributed by atoms with Gasteiger partial charge in [0.05, 0.1) is 5.70 Å². The normalized spacial score (nSPS) is 15.8. The largest absolute Gasteiger partial charge is 0.252 e. The molecule has 1 nitrogen and oxygen atoms in total. The van der Waals surface area contributed by atoms with Crippen LogP contribution in [0, 0.1) is 0 Å². The number of rotatable bonds is 1. The van der Waals surface area contributed by atoms with E-state index in [-0.39, 0.29) is 0 Å². The van der Waals surface area contributed by atoms with Crippen molar-refractivity contribution in [3.63, 3.8) is 0 Å². The van der Waals surface area contributed by atoms with Crippen LogP contribution in [0.4, 0.5) is 0 Å². The monoisotopic (exact) mass is 219 g/mol. The molecular weight excluding hydrogens is 206 g/mol. The highest BCUT2D eigenvalue weighted by Crippen LogP contribution is 2.29. The maximum atomic E-state index is 4.63. The van der Waals surface area contributed by atoms with Crippen LogP contribution in [-0.4, -0.2) is 5.71 Å². The fraction of sp³-hybridized carbons (Fsp3) is 0.0625. The third kappa shape index (κ3) is 1.80. The number of hydrogen-bond donors (Lipinski definition) is 0. The Bertz CT molecular complexity index is 606. The molecule has 82 valence electrons. The average Bonchev–Trinajstić information content (AvgIpc) is 2.69. The van der Waals surface area contributed by atoms with Crippen LogP contribution >= 0.6 is 0 Å². The number of benzene rings is 2. The molecule has 1 aliphatic rings. The van der Waals surface area contributed by atoms with Gasteiger partial charge in [-0.2, -0.15) is 0 Å². The minimum atomic E-state index is 1.06. The van der Waals surface area contributed by atoms with Crippen molar-refractivity contribution in [1.82, 2.24) is 0 Å². The molecule has 1 aliphatic heterocycles. The fourth-order valence-corrected chi connectivity index (χ4v) is 2.14. The Balaban J connectivity index is 2.10. The lowest BCUT2D eigenvalue weighted by Gasteiger charge is -1.99. The SMILES string of the molecule is CC1=N/C(=C/c2ccccc2)c2ccccc21. The van der Waals surface area contributed by atoms with Crippen molar-refractivity contribution in [3.05, 3.63) is 71.3 Å². The molecule has 0 N–H and O–H groups in total. The van der Waals surface area contributed by atoms with Gasteiger partial charge in [-0.3, -0.25) is 4.99 Å². The van der Waals surface area contributed by atoms with Crippen molar-refractivity contribution >= 4 is 17.5 Å². The molecule has 0 aliphatic carbocycles. The van der Waals surface area contributed by atoms with Crippen molar-refractivity contribution in [3.8, 4) is 0 Å². The van der Waals surface area contributed by atoms with E-state index in [4.69, 9.17) is 0 Å². The van der Waals surface area contributed by atoms with Crippen molar-refractivity contribution < 1.29 is 0 Å². The van der Waals surface area contributed by atoms with Crippen LogP contribution in [0.25, 0.3) is 11.8 Å². The van der Waals surface area contributed by atoms with E-state index in [0.717, 1.165) is 11.4 Å². The Morgan fingerprint density at radius 3 is 2.24 bits per heavy atom. The van der Waals surface area contributed by atoms with E-state index in [0.29, 0.717) is 0 Å². The third-order valence-corrected chi connectivity index (χ3v) is 2.98. The summed E-state index contributed by atoms with van der Waals surface area (Å²) in [7, 11) is 0. The first kappa shape index (κ1) is 10.0. The number of nitrogens with zero attached hydrogens (tertiary/aromatic N) is 1. The second kappa shape index (κ2) is 4.02. The predicted molar refractivity (Wildman–Crippen MR) is 73.0 cm³/mol. The summed E-state index contributed by atoms with van der Waals surface area (Å²) in [6, 6.07) is 18.7. The molecule has 0 unspecified atom stereocenters. The van der Waals surface area contributed by atoms with E-state index in [1.807, 2.05) is 18.2 Å². The molecule has 0 spiro atoms. The van der Waals surface area contributed by atoms with Crippen molar-refractivity contribution in [2.75, 3.05) is 0 Å². The van der Waals surface area contributed by atoms with E-state index in [1.54, 1.807) is 0 Å². The second-order valence-electron chi connectivity index (χ2n) is 4.18. The van der Waals surface area contributed by atoms with Crippen molar-refractivity contribution in [2.24, 2.45) is 4.99 Å². The van der Waals surface area contributed by atoms with E-state index in [9.17, 15) is 0 Å². The van der Waals surface area contributed by atoms with Gasteiger partial charge in [0.25, 0.3) is 0 Å². The second-order valence-corrected chi connectivity index (χ2v) is 4.18. The summed E-state index contributed by atoms with van der Waals surface area (Å²) in [5.74, 6) is 0. The molecule has 0 radical (unpaired) electrons. The van der Waals surface area contributed by atoms with E-state index >= 15 is 0 Å². The molecule has 2 aromatic rings. The Kier molecular flexibility index (Phi) is 2.37. The van der Waals surface area contributed by atoms with Crippen molar-refractivity contribution in [1.29, 1.82) is 0 Å². The van der Waals surface area contributed by atoms with E-state index < -0.39 is 0 Å².